The molecular formula is C17H22N4O3S. The van der Waals surface area contributed by atoms with Gasteiger partial charge in [-0.1, -0.05) is 12.1 Å². The largest absolute Gasteiger partial charge is 0.353 e. The van der Waals surface area contributed by atoms with Crippen LogP contribution in [0.4, 0.5) is 5.95 Å². The van der Waals surface area contributed by atoms with Gasteiger partial charge in [0.15, 0.2) is 9.84 Å². The van der Waals surface area contributed by atoms with Crippen LogP contribution in [0.15, 0.2) is 46.2 Å². The van der Waals surface area contributed by atoms with E-state index >= 15 is 0 Å². The van der Waals surface area contributed by atoms with Crippen LogP contribution in [-0.4, -0.2) is 48.7 Å². The lowest BCUT2D eigenvalue weighted by atomic mass is 10.0. The molecule has 3 rings (SSSR count). The van der Waals surface area contributed by atoms with Crippen LogP contribution in [0.3, 0.4) is 0 Å². The maximum Gasteiger partial charge on any atom is 0.252 e. The summed E-state index contributed by atoms with van der Waals surface area (Å²) in [7, 11) is -3.15. The first-order chi connectivity index (χ1) is 11.9. The van der Waals surface area contributed by atoms with Gasteiger partial charge in [-0.05, 0) is 30.5 Å². The van der Waals surface area contributed by atoms with Crippen molar-refractivity contribution < 1.29 is 8.42 Å². The van der Waals surface area contributed by atoms with Crippen LogP contribution in [0.2, 0.25) is 0 Å². The van der Waals surface area contributed by atoms with Crippen LogP contribution in [-0.2, 0) is 16.4 Å². The lowest BCUT2D eigenvalue weighted by Crippen LogP contribution is -2.39. The highest BCUT2D eigenvalue weighted by atomic mass is 32.2. The van der Waals surface area contributed by atoms with Gasteiger partial charge in [-0.2, -0.15) is 0 Å². The van der Waals surface area contributed by atoms with Gasteiger partial charge in [-0.25, -0.2) is 13.4 Å². The van der Waals surface area contributed by atoms with Gasteiger partial charge in [0.25, 0.3) is 5.56 Å². The summed E-state index contributed by atoms with van der Waals surface area (Å²) in [4.78, 5) is 20.8. The van der Waals surface area contributed by atoms with Crippen molar-refractivity contribution in [1.82, 2.24) is 14.9 Å². The zero-order valence-electron chi connectivity index (χ0n) is 14.1. The third-order valence-electron chi connectivity index (χ3n) is 4.36. The second kappa shape index (κ2) is 7.37. The Labute approximate surface area is 147 Å². The summed E-state index contributed by atoms with van der Waals surface area (Å²) in [6.07, 6.45) is 4.63. The van der Waals surface area contributed by atoms with Gasteiger partial charge < -0.3 is 5.32 Å². The summed E-state index contributed by atoms with van der Waals surface area (Å²) in [5.74, 6) is 0.516. The number of nitrogens with one attached hydrogen (secondary N) is 2. The van der Waals surface area contributed by atoms with Crippen LogP contribution >= 0.6 is 0 Å². The number of rotatable bonds is 5. The zero-order valence-corrected chi connectivity index (χ0v) is 14.9. The number of sulfone groups is 1. The summed E-state index contributed by atoms with van der Waals surface area (Å²) in [5, 5.41) is 3.27. The molecule has 25 heavy (non-hydrogen) atoms. The minimum absolute atomic E-state index is 0.160. The van der Waals surface area contributed by atoms with Crippen molar-refractivity contribution in [1.29, 1.82) is 0 Å². The molecule has 2 aromatic rings. The van der Waals surface area contributed by atoms with E-state index in [-0.39, 0.29) is 11.6 Å². The Morgan fingerprint density at radius 1 is 1.20 bits per heavy atom. The molecule has 1 fully saturated rings. The average Bonchev–Trinajstić information content (AvgIpc) is 2.56. The zero-order chi connectivity index (χ0) is 17.9. The molecule has 1 aliphatic rings. The highest BCUT2D eigenvalue weighted by molar-refractivity contribution is 7.90. The van der Waals surface area contributed by atoms with Gasteiger partial charge in [0.1, 0.15) is 0 Å². The van der Waals surface area contributed by atoms with Crippen LogP contribution < -0.4 is 10.9 Å². The molecule has 2 heterocycles. The summed E-state index contributed by atoms with van der Waals surface area (Å²) >= 11 is 0. The number of hydrogen-bond acceptors (Lipinski definition) is 6. The number of likely N-dealkylation sites (tertiary alicyclic amines) is 1. The molecule has 0 spiro atoms. The summed E-state index contributed by atoms with van der Waals surface area (Å²) in [5.41, 5.74) is 0.945. The SMILES string of the molecule is CS(=O)(=O)c1ccc(CN2CCC(Nc3nccc(=O)[nH]3)CC2)cc1. The van der Waals surface area contributed by atoms with Crippen molar-refractivity contribution >= 4 is 15.8 Å². The normalized spacial score (nSPS) is 16.7. The summed E-state index contributed by atoms with van der Waals surface area (Å²) in [6.45, 7) is 2.67. The predicted octanol–water partition coefficient (Wildman–Crippen LogP) is 1.25. The molecule has 8 heteroatoms. The Morgan fingerprint density at radius 3 is 2.48 bits per heavy atom. The first-order valence-corrected chi connectivity index (χ1v) is 10.1. The Kier molecular flexibility index (Phi) is 5.19. The Balaban J connectivity index is 1.51. The van der Waals surface area contributed by atoms with E-state index in [1.807, 2.05) is 12.1 Å². The standard InChI is InChI=1S/C17H22N4O3S/c1-25(23,24)15-4-2-13(3-5-15)12-21-10-7-14(8-11-21)19-17-18-9-6-16(22)20-17/h2-6,9,14H,7-8,10-12H2,1H3,(H2,18,19,20,22). The summed E-state index contributed by atoms with van der Waals surface area (Å²) in [6, 6.07) is 8.75. The van der Waals surface area contributed by atoms with E-state index in [9.17, 15) is 13.2 Å². The van der Waals surface area contributed by atoms with Crippen molar-refractivity contribution in [3.63, 3.8) is 0 Å². The summed E-state index contributed by atoms with van der Waals surface area (Å²) < 4.78 is 23.0. The number of aromatic amines is 1. The predicted molar refractivity (Wildman–Crippen MR) is 96.3 cm³/mol. The molecule has 7 nitrogen and oxygen atoms in total. The van der Waals surface area contributed by atoms with Crippen molar-refractivity contribution in [2.75, 3.05) is 24.7 Å². The minimum Gasteiger partial charge on any atom is -0.353 e. The van der Waals surface area contributed by atoms with E-state index in [1.165, 1.54) is 18.5 Å². The van der Waals surface area contributed by atoms with E-state index in [2.05, 4.69) is 20.2 Å². The molecule has 0 radical (unpaired) electrons. The second-order valence-corrected chi connectivity index (χ2v) is 8.41. The van der Waals surface area contributed by atoms with E-state index in [0.717, 1.165) is 38.0 Å². The molecule has 1 saturated heterocycles. The molecule has 0 unspecified atom stereocenters. The van der Waals surface area contributed by atoms with Crippen LogP contribution in [0, 0.1) is 0 Å². The average molecular weight is 362 g/mol. The molecule has 1 aromatic heterocycles. The quantitative estimate of drug-likeness (QED) is 0.831. The molecule has 1 aromatic carbocycles. The molecule has 0 atom stereocenters. The Morgan fingerprint density at radius 2 is 1.88 bits per heavy atom. The topological polar surface area (TPSA) is 95.2 Å². The number of anilines is 1. The Bertz CT molecular complexity index is 869. The van der Waals surface area contributed by atoms with Gasteiger partial charge in [0, 0.05) is 44.2 Å². The highest BCUT2D eigenvalue weighted by Crippen LogP contribution is 2.17. The number of nitrogens with zero attached hydrogens (tertiary/aromatic N) is 2. The molecule has 0 saturated carbocycles. The monoisotopic (exact) mass is 362 g/mol. The first kappa shape index (κ1) is 17.6. The Hall–Kier alpha value is -2.19. The maximum atomic E-state index is 11.5. The van der Waals surface area contributed by atoms with Crippen LogP contribution in [0.5, 0.6) is 0 Å². The third kappa shape index (κ3) is 4.90. The molecule has 0 aliphatic carbocycles. The third-order valence-corrected chi connectivity index (χ3v) is 5.49. The highest BCUT2D eigenvalue weighted by Gasteiger charge is 2.19. The molecule has 2 N–H and O–H groups in total. The van der Waals surface area contributed by atoms with Crippen molar-refractivity contribution in [3.05, 3.63) is 52.4 Å². The molecular weight excluding hydrogens is 340 g/mol. The second-order valence-electron chi connectivity index (χ2n) is 6.39. The van der Waals surface area contributed by atoms with Gasteiger partial charge in [0.05, 0.1) is 4.90 Å². The van der Waals surface area contributed by atoms with E-state index in [4.69, 9.17) is 0 Å². The molecule has 134 valence electrons. The molecule has 1 aliphatic heterocycles. The number of hydrogen-bond donors (Lipinski definition) is 2. The fourth-order valence-electron chi connectivity index (χ4n) is 2.97. The number of H-pyrrole nitrogens is 1. The van der Waals surface area contributed by atoms with Gasteiger partial charge in [0.2, 0.25) is 5.95 Å². The first-order valence-electron chi connectivity index (χ1n) is 8.23. The maximum absolute atomic E-state index is 11.5. The lowest BCUT2D eigenvalue weighted by molar-refractivity contribution is 0.211. The number of piperidine rings is 1. The lowest BCUT2D eigenvalue weighted by Gasteiger charge is -2.32. The van der Waals surface area contributed by atoms with Gasteiger partial charge >= 0.3 is 0 Å². The minimum atomic E-state index is -3.15. The van der Waals surface area contributed by atoms with Crippen molar-refractivity contribution in [2.24, 2.45) is 0 Å². The fourth-order valence-corrected chi connectivity index (χ4v) is 3.60. The van der Waals surface area contributed by atoms with Crippen molar-refractivity contribution in [2.45, 2.75) is 30.3 Å². The smallest absolute Gasteiger partial charge is 0.252 e. The molecule has 0 bridgehead atoms. The number of aromatic nitrogens is 2. The van der Waals surface area contributed by atoms with E-state index in [0.29, 0.717) is 10.8 Å². The molecule has 0 amide bonds. The van der Waals surface area contributed by atoms with Crippen LogP contribution in [0.1, 0.15) is 18.4 Å². The van der Waals surface area contributed by atoms with Gasteiger partial charge in [-0.15, -0.1) is 0 Å². The van der Waals surface area contributed by atoms with Crippen LogP contribution in [0.25, 0.3) is 0 Å². The van der Waals surface area contributed by atoms with E-state index < -0.39 is 9.84 Å². The number of benzene rings is 1. The van der Waals surface area contributed by atoms with E-state index in [1.54, 1.807) is 12.1 Å². The fraction of sp³-hybridized carbons (Fsp3) is 0.412. The van der Waals surface area contributed by atoms with Crippen molar-refractivity contribution in [3.8, 4) is 0 Å². The van der Waals surface area contributed by atoms with Gasteiger partial charge in [-0.3, -0.25) is 14.7 Å².